The molecule has 1 saturated heterocycles. The van der Waals surface area contributed by atoms with Crippen molar-refractivity contribution in [2.75, 3.05) is 43.0 Å². The zero-order valence-electron chi connectivity index (χ0n) is 20.0. The summed E-state index contributed by atoms with van der Waals surface area (Å²) in [6.07, 6.45) is 0.307. The molecule has 0 bridgehead atoms. The lowest BCUT2D eigenvalue weighted by atomic mass is 10.1. The average Bonchev–Trinajstić information content (AvgIpc) is 3.28. The monoisotopic (exact) mass is 461 g/mol. The summed E-state index contributed by atoms with van der Waals surface area (Å²) in [4.78, 5) is 41.8. The lowest BCUT2D eigenvalue weighted by molar-refractivity contribution is -0.126. The number of hydrogen-bond donors (Lipinski definition) is 1. The number of aryl methyl sites for hydroxylation is 2. The Morgan fingerprint density at radius 1 is 0.941 bits per heavy atom. The van der Waals surface area contributed by atoms with Crippen LogP contribution >= 0.6 is 0 Å². The predicted molar refractivity (Wildman–Crippen MR) is 133 cm³/mol. The molecule has 0 aromatic heterocycles. The minimum atomic E-state index is -0.462. The van der Waals surface area contributed by atoms with Gasteiger partial charge >= 0.3 is 0 Å². The Morgan fingerprint density at radius 3 is 2.21 bits per heavy atom. The number of hydrazone groups is 1. The van der Waals surface area contributed by atoms with Gasteiger partial charge in [-0.2, -0.15) is 5.10 Å². The molecule has 0 saturated carbocycles. The standard InChI is InChI=1S/C26H31N5O3/c1-18-8-7-9-19(2)25(18)27-24(33)17-29-12-14-30(15-13-29)26(34)22-16-23(20(3)32)31(28-22)21-10-5-4-6-11-21/h4-11,23H,12-17H2,1-3H3,(H,27,33). The highest BCUT2D eigenvalue weighted by atomic mass is 16.2. The normalized spacial score (nSPS) is 18.6. The lowest BCUT2D eigenvalue weighted by Crippen LogP contribution is -2.52. The molecule has 2 aliphatic rings. The molecule has 2 aromatic rings. The van der Waals surface area contributed by atoms with Crippen LogP contribution in [0.25, 0.3) is 0 Å². The van der Waals surface area contributed by atoms with Crippen LogP contribution in [0.15, 0.2) is 53.6 Å². The minimum absolute atomic E-state index is 0.0184. The van der Waals surface area contributed by atoms with Crippen LogP contribution in [0.1, 0.15) is 24.5 Å². The maximum Gasteiger partial charge on any atom is 0.270 e. The highest BCUT2D eigenvalue weighted by molar-refractivity contribution is 6.40. The van der Waals surface area contributed by atoms with Crippen LogP contribution in [0, 0.1) is 13.8 Å². The minimum Gasteiger partial charge on any atom is -0.335 e. The topological polar surface area (TPSA) is 85.3 Å². The van der Waals surface area contributed by atoms with Crippen LogP contribution in [-0.2, 0) is 14.4 Å². The van der Waals surface area contributed by atoms with Crippen molar-refractivity contribution in [1.29, 1.82) is 0 Å². The van der Waals surface area contributed by atoms with E-state index in [-0.39, 0.29) is 24.1 Å². The molecule has 0 radical (unpaired) electrons. The second kappa shape index (κ2) is 10.2. The summed E-state index contributed by atoms with van der Waals surface area (Å²) in [5.74, 6) is -0.209. The first-order valence-corrected chi connectivity index (χ1v) is 11.6. The van der Waals surface area contributed by atoms with E-state index >= 15 is 0 Å². The van der Waals surface area contributed by atoms with Gasteiger partial charge in [0.15, 0.2) is 5.78 Å². The number of carbonyl (C=O) groups is 3. The predicted octanol–water partition coefficient (Wildman–Crippen LogP) is 2.61. The van der Waals surface area contributed by atoms with Crippen LogP contribution in [0.5, 0.6) is 0 Å². The number of carbonyl (C=O) groups excluding carboxylic acids is 3. The van der Waals surface area contributed by atoms with Gasteiger partial charge in [-0.25, -0.2) is 0 Å². The van der Waals surface area contributed by atoms with Crippen LogP contribution < -0.4 is 10.3 Å². The summed E-state index contributed by atoms with van der Waals surface area (Å²) in [5.41, 5.74) is 4.14. The van der Waals surface area contributed by atoms with Gasteiger partial charge in [-0.3, -0.25) is 24.3 Å². The zero-order valence-corrected chi connectivity index (χ0v) is 20.0. The van der Waals surface area contributed by atoms with Gasteiger partial charge in [-0.05, 0) is 44.0 Å². The molecule has 2 amide bonds. The van der Waals surface area contributed by atoms with E-state index in [0.717, 1.165) is 22.5 Å². The number of nitrogens with zero attached hydrogens (tertiary/aromatic N) is 4. The Hall–Kier alpha value is -3.52. The second-order valence-corrected chi connectivity index (χ2v) is 8.94. The Bertz CT molecular complexity index is 1090. The molecule has 1 atom stereocenters. The number of rotatable bonds is 6. The number of ketones is 1. The van der Waals surface area contributed by atoms with Crippen LogP contribution in [-0.4, -0.2) is 71.9 Å². The Morgan fingerprint density at radius 2 is 1.59 bits per heavy atom. The molecule has 178 valence electrons. The Kier molecular flexibility index (Phi) is 7.07. The third-order valence-electron chi connectivity index (χ3n) is 6.42. The number of nitrogens with one attached hydrogen (secondary N) is 1. The molecule has 8 heteroatoms. The van der Waals surface area contributed by atoms with Gasteiger partial charge in [-0.1, -0.05) is 36.4 Å². The zero-order chi connectivity index (χ0) is 24.2. The second-order valence-electron chi connectivity index (χ2n) is 8.94. The molecular weight excluding hydrogens is 430 g/mol. The van der Waals surface area contributed by atoms with Crippen LogP contribution in [0.2, 0.25) is 0 Å². The lowest BCUT2D eigenvalue weighted by Gasteiger charge is -2.34. The molecule has 0 spiro atoms. The van der Waals surface area contributed by atoms with E-state index in [4.69, 9.17) is 0 Å². The van der Waals surface area contributed by atoms with E-state index in [1.54, 1.807) is 9.91 Å². The van der Waals surface area contributed by atoms with Crippen molar-refractivity contribution < 1.29 is 14.4 Å². The molecule has 4 rings (SSSR count). The quantitative estimate of drug-likeness (QED) is 0.715. The van der Waals surface area contributed by atoms with Crippen LogP contribution in [0.4, 0.5) is 11.4 Å². The summed E-state index contributed by atoms with van der Waals surface area (Å²) >= 11 is 0. The third-order valence-corrected chi connectivity index (χ3v) is 6.42. The number of benzene rings is 2. The van der Waals surface area contributed by atoms with Crippen molar-refractivity contribution in [1.82, 2.24) is 9.80 Å². The molecule has 2 heterocycles. The van der Waals surface area contributed by atoms with E-state index < -0.39 is 6.04 Å². The molecule has 1 unspecified atom stereocenters. The van der Waals surface area contributed by atoms with E-state index in [2.05, 4.69) is 15.3 Å². The number of anilines is 2. The van der Waals surface area contributed by atoms with Gasteiger partial charge in [0.05, 0.1) is 12.2 Å². The van der Waals surface area contributed by atoms with Crippen molar-refractivity contribution >= 4 is 34.7 Å². The number of para-hydroxylation sites is 2. The van der Waals surface area contributed by atoms with Gasteiger partial charge in [0.2, 0.25) is 5.91 Å². The largest absolute Gasteiger partial charge is 0.335 e. The average molecular weight is 462 g/mol. The number of amides is 2. The number of hydrogen-bond acceptors (Lipinski definition) is 6. The smallest absolute Gasteiger partial charge is 0.270 e. The van der Waals surface area contributed by atoms with Crippen molar-refractivity contribution in [3.05, 3.63) is 59.7 Å². The van der Waals surface area contributed by atoms with E-state index in [1.165, 1.54) is 6.92 Å². The van der Waals surface area contributed by atoms with Crippen molar-refractivity contribution in [2.45, 2.75) is 33.2 Å². The summed E-state index contributed by atoms with van der Waals surface area (Å²) in [7, 11) is 0. The molecular formula is C26H31N5O3. The maximum absolute atomic E-state index is 13.1. The fraction of sp³-hybridized carbons (Fsp3) is 0.385. The van der Waals surface area contributed by atoms with Crippen molar-refractivity contribution in [3.8, 4) is 0 Å². The van der Waals surface area contributed by atoms with Gasteiger partial charge in [0, 0.05) is 38.3 Å². The fourth-order valence-electron chi connectivity index (χ4n) is 4.46. The summed E-state index contributed by atoms with van der Waals surface area (Å²) in [6, 6.07) is 14.9. The summed E-state index contributed by atoms with van der Waals surface area (Å²) in [5, 5.41) is 9.21. The third kappa shape index (κ3) is 5.17. The number of piperazine rings is 1. The van der Waals surface area contributed by atoms with E-state index in [1.807, 2.05) is 62.4 Å². The highest BCUT2D eigenvalue weighted by Crippen LogP contribution is 2.26. The SMILES string of the molecule is CC(=O)C1CC(C(=O)N2CCN(CC(=O)Nc3c(C)cccc3C)CC2)=NN1c1ccccc1. The van der Waals surface area contributed by atoms with Gasteiger partial charge in [0.1, 0.15) is 11.8 Å². The summed E-state index contributed by atoms with van der Waals surface area (Å²) in [6.45, 7) is 8.03. The molecule has 1 fully saturated rings. The first-order chi connectivity index (χ1) is 16.3. The Labute approximate surface area is 200 Å². The van der Waals surface area contributed by atoms with E-state index in [9.17, 15) is 14.4 Å². The van der Waals surface area contributed by atoms with Crippen molar-refractivity contribution in [3.63, 3.8) is 0 Å². The van der Waals surface area contributed by atoms with Gasteiger partial charge in [-0.15, -0.1) is 0 Å². The Balaban J connectivity index is 1.33. The molecule has 2 aliphatic heterocycles. The fourth-order valence-corrected chi connectivity index (χ4v) is 4.46. The highest BCUT2D eigenvalue weighted by Gasteiger charge is 2.36. The number of Topliss-reactive ketones (excluding diaryl/α,β-unsaturated/α-hetero) is 1. The maximum atomic E-state index is 13.1. The van der Waals surface area contributed by atoms with Crippen LogP contribution in [0.3, 0.4) is 0 Å². The first kappa shape index (κ1) is 23.6. The van der Waals surface area contributed by atoms with Gasteiger partial charge in [0.25, 0.3) is 5.91 Å². The molecule has 34 heavy (non-hydrogen) atoms. The molecule has 2 aromatic carbocycles. The molecule has 1 N–H and O–H groups in total. The van der Waals surface area contributed by atoms with E-state index in [0.29, 0.717) is 38.3 Å². The summed E-state index contributed by atoms with van der Waals surface area (Å²) < 4.78 is 0. The molecule has 0 aliphatic carbocycles. The first-order valence-electron chi connectivity index (χ1n) is 11.6. The van der Waals surface area contributed by atoms with Crippen molar-refractivity contribution in [2.24, 2.45) is 5.10 Å². The molecule has 8 nitrogen and oxygen atoms in total. The van der Waals surface area contributed by atoms with Gasteiger partial charge < -0.3 is 10.2 Å².